The molecule has 86 valence electrons. The van der Waals surface area contributed by atoms with Gasteiger partial charge in [0.05, 0.1) is 0 Å². The topological polar surface area (TPSA) is 46.2 Å². The first-order chi connectivity index (χ1) is 7.77. The SMILES string of the molecule is C.Nc1cccc2cc3ccccc3c(O)c12. The van der Waals surface area contributed by atoms with E-state index in [0.29, 0.717) is 5.69 Å². The van der Waals surface area contributed by atoms with E-state index in [1.807, 2.05) is 42.5 Å². The van der Waals surface area contributed by atoms with Gasteiger partial charge in [0.2, 0.25) is 0 Å². The molecule has 3 aromatic carbocycles. The number of benzene rings is 3. The van der Waals surface area contributed by atoms with Gasteiger partial charge in [-0.05, 0) is 22.9 Å². The average molecular weight is 225 g/mol. The largest absolute Gasteiger partial charge is 0.507 e. The standard InChI is InChI=1S/C14H11NO.CH4/c15-12-7-3-5-10-8-9-4-1-2-6-11(9)14(16)13(10)12;/h1-8,16H,15H2;1H4. The Morgan fingerprint density at radius 1 is 0.882 bits per heavy atom. The van der Waals surface area contributed by atoms with Crippen LogP contribution >= 0.6 is 0 Å². The molecule has 0 unspecified atom stereocenters. The molecule has 0 radical (unpaired) electrons. The van der Waals surface area contributed by atoms with Crippen molar-refractivity contribution in [3.63, 3.8) is 0 Å². The van der Waals surface area contributed by atoms with Crippen LogP contribution in [0.4, 0.5) is 5.69 Å². The van der Waals surface area contributed by atoms with Crippen LogP contribution in [0.5, 0.6) is 5.75 Å². The summed E-state index contributed by atoms with van der Waals surface area (Å²) in [5.74, 6) is 0.270. The molecule has 0 aliphatic rings. The fourth-order valence-corrected chi connectivity index (χ4v) is 2.12. The first-order valence-corrected chi connectivity index (χ1v) is 5.16. The third kappa shape index (κ3) is 1.58. The minimum Gasteiger partial charge on any atom is -0.507 e. The number of nitrogen functional groups attached to an aromatic ring is 1. The van der Waals surface area contributed by atoms with Crippen LogP contribution in [0.15, 0.2) is 48.5 Å². The van der Waals surface area contributed by atoms with Gasteiger partial charge in [-0.1, -0.05) is 43.8 Å². The average Bonchev–Trinajstić information content (AvgIpc) is 2.29. The highest BCUT2D eigenvalue weighted by molar-refractivity contribution is 6.09. The number of hydrogen-bond acceptors (Lipinski definition) is 2. The highest BCUT2D eigenvalue weighted by Crippen LogP contribution is 2.36. The quantitative estimate of drug-likeness (QED) is 0.450. The third-order valence-corrected chi connectivity index (χ3v) is 2.89. The van der Waals surface area contributed by atoms with Crippen molar-refractivity contribution in [2.75, 3.05) is 5.73 Å². The summed E-state index contributed by atoms with van der Waals surface area (Å²) in [6.45, 7) is 0. The van der Waals surface area contributed by atoms with Crippen molar-refractivity contribution in [3.05, 3.63) is 48.5 Å². The van der Waals surface area contributed by atoms with Gasteiger partial charge in [-0.15, -0.1) is 0 Å². The summed E-state index contributed by atoms with van der Waals surface area (Å²) < 4.78 is 0. The first kappa shape index (κ1) is 11.3. The Labute approximate surface area is 100 Å². The maximum absolute atomic E-state index is 10.2. The summed E-state index contributed by atoms with van der Waals surface area (Å²) in [6, 6.07) is 15.4. The van der Waals surface area contributed by atoms with Gasteiger partial charge in [-0.2, -0.15) is 0 Å². The molecule has 0 fully saturated rings. The number of hydrogen-bond donors (Lipinski definition) is 2. The van der Waals surface area contributed by atoms with Crippen LogP contribution in [0.2, 0.25) is 0 Å². The van der Waals surface area contributed by atoms with Gasteiger partial charge in [-0.3, -0.25) is 0 Å². The Kier molecular flexibility index (Phi) is 2.64. The van der Waals surface area contributed by atoms with Crippen molar-refractivity contribution in [3.8, 4) is 5.75 Å². The summed E-state index contributed by atoms with van der Waals surface area (Å²) in [7, 11) is 0. The van der Waals surface area contributed by atoms with Crippen molar-refractivity contribution >= 4 is 27.2 Å². The molecule has 0 spiro atoms. The van der Waals surface area contributed by atoms with Crippen LogP contribution in [0, 0.1) is 0 Å². The number of fused-ring (bicyclic) bond motifs is 2. The second-order valence-corrected chi connectivity index (χ2v) is 3.89. The zero-order chi connectivity index (χ0) is 11.1. The van der Waals surface area contributed by atoms with Crippen LogP contribution in [-0.4, -0.2) is 5.11 Å². The van der Waals surface area contributed by atoms with Gasteiger partial charge in [0, 0.05) is 16.5 Å². The van der Waals surface area contributed by atoms with Gasteiger partial charge in [0.15, 0.2) is 0 Å². The lowest BCUT2D eigenvalue weighted by Gasteiger charge is -2.08. The van der Waals surface area contributed by atoms with Gasteiger partial charge in [0.1, 0.15) is 5.75 Å². The minimum absolute atomic E-state index is 0. The van der Waals surface area contributed by atoms with Crippen LogP contribution in [0.1, 0.15) is 7.43 Å². The molecule has 0 saturated heterocycles. The summed E-state index contributed by atoms with van der Waals surface area (Å²) >= 11 is 0. The Balaban J connectivity index is 0.00000108. The van der Waals surface area contributed by atoms with Gasteiger partial charge in [-0.25, -0.2) is 0 Å². The third-order valence-electron chi connectivity index (χ3n) is 2.89. The number of rotatable bonds is 0. The molecule has 3 rings (SSSR count). The minimum atomic E-state index is 0. The van der Waals surface area contributed by atoms with Crippen molar-refractivity contribution in [1.29, 1.82) is 0 Å². The zero-order valence-electron chi connectivity index (χ0n) is 8.64. The Morgan fingerprint density at radius 3 is 2.41 bits per heavy atom. The predicted octanol–water partition coefficient (Wildman–Crippen LogP) is 3.92. The smallest absolute Gasteiger partial charge is 0.133 e. The van der Waals surface area contributed by atoms with E-state index in [4.69, 9.17) is 5.73 Å². The molecule has 2 heteroatoms. The first-order valence-electron chi connectivity index (χ1n) is 5.16. The fourth-order valence-electron chi connectivity index (χ4n) is 2.12. The van der Waals surface area contributed by atoms with Crippen LogP contribution < -0.4 is 5.73 Å². The second-order valence-electron chi connectivity index (χ2n) is 3.89. The van der Waals surface area contributed by atoms with Crippen molar-refractivity contribution in [2.45, 2.75) is 7.43 Å². The van der Waals surface area contributed by atoms with E-state index in [1.54, 1.807) is 6.07 Å². The predicted molar refractivity (Wildman–Crippen MR) is 74.3 cm³/mol. The summed E-state index contributed by atoms with van der Waals surface area (Å²) in [6.07, 6.45) is 0. The fraction of sp³-hybridized carbons (Fsp3) is 0.0667. The molecule has 0 aliphatic carbocycles. The molecule has 3 N–H and O–H groups in total. The number of aromatic hydroxyl groups is 1. The molecule has 17 heavy (non-hydrogen) atoms. The van der Waals surface area contributed by atoms with E-state index in [9.17, 15) is 5.11 Å². The van der Waals surface area contributed by atoms with Crippen molar-refractivity contribution in [1.82, 2.24) is 0 Å². The maximum Gasteiger partial charge on any atom is 0.133 e. The van der Waals surface area contributed by atoms with Crippen LogP contribution in [0.25, 0.3) is 21.5 Å². The molecule has 3 aromatic rings. The molecule has 0 atom stereocenters. The lowest BCUT2D eigenvalue weighted by molar-refractivity contribution is 0.488. The molecule has 0 bridgehead atoms. The van der Waals surface area contributed by atoms with Crippen LogP contribution in [-0.2, 0) is 0 Å². The number of phenols is 1. The van der Waals surface area contributed by atoms with Crippen LogP contribution in [0.3, 0.4) is 0 Å². The second kappa shape index (κ2) is 3.98. The van der Waals surface area contributed by atoms with E-state index in [0.717, 1.165) is 21.5 Å². The zero-order valence-corrected chi connectivity index (χ0v) is 8.64. The molecule has 0 heterocycles. The summed E-state index contributed by atoms with van der Waals surface area (Å²) in [5, 5.41) is 13.8. The van der Waals surface area contributed by atoms with E-state index in [2.05, 4.69) is 0 Å². The van der Waals surface area contributed by atoms with Gasteiger partial charge < -0.3 is 10.8 Å². The monoisotopic (exact) mass is 225 g/mol. The Morgan fingerprint density at radius 2 is 1.59 bits per heavy atom. The number of phenolic OH excluding ortho intramolecular Hbond substituents is 1. The highest BCUT2D eigenvalue weighted by atomic mass is 16.3. The highest BCUT2D eigenvalue weighted by Gasteiger charge is 2.07. The van der Waals surface area contributed by atoms with E-state index < -0.39 is 0 Å². The van der Waals surface area contributed by atoms with Gasteiger partial charge in [0.25, 0.3) is 0 Å². The normalized spacial score (nSPS) is 10.4. The van der Waals surface area contributed by atoms with Crippen molar-refractivity contribution < 1.29 is 5.11 Å². The lowest BCUT2D eigenvalue weighted by Crippen LogP contribution is -1.87. The van der Waals surface area contributed by atoms with E-state index in [-0.39, 0.29) is 13.2 Å². The molecule has 0 aromatic heterocycles. The summed E-state index contributed by atoms with van der Waals surface area (Å²) in [5.41, 5.74) is 6.50. The van der Waals surface area contributed by atoms with Crippen molar-refractivity contribution in [2.24, 2.45) is 0 Å². The molecular weight excluding hydrogens is 210 g/mol. The Hall–Kier alpha value is -2.22. The summed E-state index contributed by atoms with van der Waals surface area (Å²) in [4.78, 5) is 0. The number of nitrogens with two attached hydrogens (primary N) is 1. The molecule has 2 nitrogen and oxygen atoms in total. The van der Waals surface area contributed by atoms with E-state index >= 15 is 0 Å². The van der Waals surface area contributed by atoms with E-state index in [1.165, 1.54) is 0 Å². The number of anilines is 1. The van der Waals surface area contributed by atoms with Gasteiger partial charge >= 0.3 is 0 Å². The molecule has 0 amide bonds. The molecular formula is C15H15NO. The molecule has 0 saturated carbocycles. The molecule has 0 aliphatic heterocycles. The Bertz CT molecular complexity index is 689. The maximum atomic E-state index is 10.2. The lowest BCUT2D eigenvalue weighted by atomic mass is 10.0.